The minimum Gasteiger partial charge on any atom is -0.462 e. The van der Waals surface area contributed by atoms with Crippen LogP contribution in [0.3, 0.4) is 0 Å². The van der Waals surface area contributed by atoms with E-state index >= 15 is 0 Å². The topological polar surface area (TPSA) is 78.9 Å². The molecule has 0 bridgehead atoms. The van der Waals surface area contributed by atoms with Crippen LogP contribution in [0.2, 0.25) is 0 Å². The van der Waals surface area contributed by atoms with Crippen molar-refractivity contribution in [2.75, 3.05) is 13.2 Å². The number of ether oxygens (including phenoxy) is 3. The molecule has 0 radical (unpaired) electrons. The summed E-state index contributed by atoms with van der Waals surface area (Å²) < 4.78 is 16.5. The fraction of sp³-hybridized carbons (Fsp3) is 0.766. The molecule has 6 nitrogen and oxygen atoms in total. The molecular formula is C47H82O6. The van der Waals surface area contributed by atoms with Gasteiger partial charge in [-0.3, -0.25) is 14.4 Å². The minimum absolute atomic E-state index is 0.112. The van der Waals surface area contributed by atoms with Crippen molar-refractivity contribution in [3.8, 4) is 0 Å². The molecule has 0 aliphatic heterocycles. The summed E-state index contributed by atoms with van der Waals surface area (Å²) in [5, 5.41) is 0. The minimum atomic E-state index is -0.820. The van der Waals surface area contributed by atoms with Crippen LogP contribution in [-0.4, -0.2) is 37.2 Å². The van der Waals surface area contributed by atoms with Crippen molar-refractivity contribution in [2.24, 2.45) is 0 Å². The maximum atomic E-state index is 12.6. The fourth-order valence-corrected chi connectivity index (χ4v) is 5.96. The average molecular weight is 743 g/mol. The summed E-state index contributed by atoms with van der Waals surface area (Å²) in [4.78, 5) is 37.5. The van der Waals surface area contributed by atoms with Crippen molar-refractivity contribution in [1.29, 1.82) is 0 Å². The molecule has 1 atom stereocenters. The first-order valence-electron chi connectivity index (χ1n) is 22.1. The summed E-state index contributed by atoms with van der Waals surface area (Å²) in [6.45, 7) is 6.48. The SMILES string of the molecule is CCCCCCCC/C=C\C/C=C\CCC(=O)OCC(COC(=O)CCCCCCCCCCC)OC(=O)CC/C=C\C/C=C\CCCCCCCC. The lowest BCUT2D eigenvalue weighted by Crippen LogP contribution is -2.30. The van der Waals surface area contributed by atoms with Gasteiger partial charge < -0.3 is 14.2 Å². The molecule has 0 spiro atoms. The molecular weight excluding hydrogens is 661 g/mol. The maximum Gasteiger partial charge on any atom is 0.306 e. The van der Waals surface area contributed by atoms with Crippen LogP contribution >= 0.6 is 0 Å². The van der Waals surface area contributed by atoms with E-state index in [4.69, 9.17) is 14.2 Å². The van der Waals surface area contributed by atoms with Gasteiger partial charge in [-0.1, -0.05) is 185 Å². The summed E-state index contributed by atoms with van der Waals surface area (Å²) in [7, 11) is 0. The van der Waals surface area contributed by atoms with Gasteiger partial charge in [0.1, 0.15) is 13.2 Å². The van der Waals surface area contributed by atoms with Crippen LogP contribution < -0.4 is 0 Å². The molecule has 0 heterocycles. The van der Waals surface area contributed by atoms with E-state index in [2.05, 4.69) is 57.2 Å². The Morgan fingerprint density at radius 2 is 0.717 bits per heavy atom. The van der Waals surface area contributed by atoms with Crippen LogP contribution in [0.5, 0.6) is 0 Å². The Labute approximate surface area is 327 Å². The Bertz CT molecular complexity index is 949. The number of hydrogen-bond donors (Lipinski definition) is 0. The highest BCUT2D eigenvalue weighted by Crippen LogP contribution is 2.12. The predicted molar refractivity (Wildman–Crippen MR) is 224 cm³/mol. The van der Waals surface area contributed by atoms with E-state index in [1.165, 1.54) is 116 Å². The van der Waals surface area contributed by atoms with Gasteiger partial charge in [-0.2, -0.15) is 0 Å². The largest absolute Gasteiger partial charge is 0.462 e. The Balaban J connectivity index is 4.52. The summed E-state index contributed by atoms with van der Waals surface area (Å²) in [6.07, 6.45) is 48.3. The lowest BCUT2D eigenvalue weighted by Gasteiger charge is -2.18. The standard InChI is InChI=1S/C47H82O6/c1-4-7-10-13-16-19-21-23-25-28-31-34-37-40-46(49)52-43-44(42-51-45(48)39-36-33-30-27-18-15-12-9-6-3)53-47(50)41-38-35-32-29-26-24-22-20-17-14-11-8-5-2/h23-26,31-32,34-35,44H,4-22,27-30,33,36-43H2,1-3H3/b25-23-,26-24-,34-31-,35-32-. The van der Waals surface area contributed by atoms with Gasteiger partial charge in [0.05, 0.1) is 0 Å². The number of carbonyl (C=O) groups excluding carboxylic acids is 3. The Hall–Kier alpha value is -2.63. The lowest BCUT2D eigenvalue weighted by atomic mass is 10.1. The van der Waals surface area contributed by atoms with Crippen molar-refractivity contribution in [2.45, 2.75) is 219 Å². The van der Waals surface area contributed by atoms with Crippen LogP contribution in [0.25, 0.3) is 0 Å². The van der Waals surface area contributed by atoms with Crippen LogP contribution in [0.1, 0.15) is 213 Å². The first-order chi connectivity index (χ1) is 26.0. The molecule has 0 fully saturated rings. The second-order valence-electron chi connectivity index (χ2n) is 14.6. The zero-order valence-corrected chi connectivity index (χ0v) is 34.8. The van der Waals surface area contributed by atoms with Gasteiger partial charge in [0, 0.05) is 19.3 Å². The van der Waals surface area contributed by atoms with E-state index in [1.807, 2.05) is 12.2 Å². The Morgan fingerprint density at radius 3 is 1.15 bits per heavy atom. The molecule has 0 aromatic rings. The second-order valence-corrected chi connectivity index (χ2v) is 14.6. The van der Waals surface area contributed by atoms with E-state index in [1.54, 1.807) is 0 Å². The summed E-state index contributed by atoms with van der Waals surface area (Å²) in [5.74, 6) is -1.06. The van der Waals surface area contributed by atoms with Crippen molar-refractivity contribution in [3.05, 3.63) is 48.6 Å². The molecule has 306 valence electrons. The first-order valence-corrected chi connectivity index (χ1v) is 22.1. The first kappa shape index (κ1) is 50.4. The zero-order chi connectivity index (χ0) is 38.7. The maximum absolute atomic E-state index is 12.6. The molecule has 1 unspecified atom stereocenters. The number of unbranched alkanes of at least 4 members (excludes halogenated alkanes) is 20. The van der Waals surface area contributed by atoms with E-state index < -0.39 is 12.1 Å². The monoisotopic (exact) mass is 743 g/mol. The third kappa shape index (κ3) is 40.4. The molecule has 0 amide bonds. The molecule has 6 heteroatoms. The Kier molecular flexibility index (Phi) is 40.0. The molecule has 0 aliphatic carbocycles. The van der Waals surface area contributed by atoms with Gasteiger partial charge in [0.25, 0.3) is 0 Å². The number of rotatable bonds is 39. The molecule has 0 saturated heterocycles. The number of hydrogen-bond acceptors (Lipinski definition) is 6. The van der Waals surface area contributed by atoms with Gasteiger partial charge in [-0.05, 0) is 57.8 Å². The third-order valence-electron chi connectivity index (χ3n) is 9.33. The molecule has 0 aromatic heterocycles. The van der Waals surface area contributed by atoms with Crippen molar-refractivity contribution >= 4 is 17.9 Å². The van der Waals surface area contributed by atoms with Crippen LogP contribution in [0.4, 0.5) is 0 Å². The number of carbonyl (C=O) groups is 3. The van der Waals surface area contributed by atoms with Crippen molar-refractivity contribution < 1.29 is 28.6 Å². The van der Waals surface area contributed by atoms with E-state index in [9.17, 15) is 14.4 Å². The van der Waals surface area contributed by atoms with E-state index in [0.29, 0.717) is 19.3 Å². The summed E-state index contributed by atoms with van der Waals surface area (Å²) >= 11 is 0. The zero-order valence-electron chi connectivity index (χ0n) is 34.8. The van der Waals surface area contributed by atoms with Crippen molar-refractivity contribution in [1.82, 2.24) is 0 Å². The highest BCUT2D eigenvalue weighted by Gasteiger charge is 2.19. The molecule has 0 N–H and O–H groups in total. The van der Waals surface area contributed by atoms with Gasteiger partial charge in [-0.15, -0.1) is 0 Å². The van der Waals surface area contributed by atoms with Gasteiger partial charge in [0.15, 0.2) is 6.10 Å². The summed E-state index contributed by atoms with van der Waals surface area (Å²) in [6, 6.07) is 0. The summed E-state index contributed by atoms with van der Waals surface area (Å²) in [5.41, 5.74) is 0. The molecule has 53 heavy (non-hydrogen) atoms. The Morgan fingerprint density at radius 1 is 0.377 bits per heavy atom. The normalized spacial score (nSPS) is 12.4. The highest BCUT2D eigenvalue weighted by molar-refractivity contribution is 5.71. The smallest absolute Gasteiger partial charge is 0.306 e. The predicted octanol–water partition coefficient (Wildman–Crippen LogP) is 14.0. The van der Waals surface area contributed by atoms with Crippen molar-refractivity contribution in [3.63, 3.8) is 0 Å². The van der Waals surface area contributed by atoms with Gasteiger partial charge >= 0.3 is 17.9 Å². The quantitative estimate of drug-likeness (QED) is 0.0270. The lowest BCUT2D eigenvalue weighted by molar-refractivity contribution is -0.166. The average Bonchev–Trinajstić information content (AvgIpc) is 3.15. The molecule has 0 aromatic carbocycles. The molecule has 0 aliphatic rings. The van der Waals surface area contributed by atoms with Gasteiger partial charge in [-0.25, -0.2) is 0 Å². The number of esters is 3. The van der Waals surface area contributed by atoms with Crippen LogP contribution in [0.15, 0.2) is 48.6 Å². The van der Waals surface area contributed by atoms with Crippen LogP contribution in [0, 0.1) is 0 Å². The van der Waals surface area contributed by atoms with Crippen LogP contribution in [-0.2, 0) is 28.6 Å². The van der Waals surface area contributed by atoms with Gasteiger partial charge in [0.2, 0.25) is 0 Å². The fourth-order valence-electron chi connectivity index (χ4n) is 5.96. The second kappa shape index (κ2) is 42.1. The third-order valence-corrected chi connectivity index (χ3v) is 9.33. The van der Waals surface area contributed by atoms with E-state index in [-0.39, 0.29) is 38.0 Å². The number of allylic oxidation sites excluding steroid dienone is 8. The molecule has 0 rings (SSSR count). The molecule has 0 saturated carbocycles. The van der Waals surface area contributed by atoms with E-state index in [0.717, 1.165) is 44.9 Å². The highest BCUT2D eigenvalue weighted by atomic mass is 16.6.